The van der Waals surface area contributed by atoms with E-state index in [1.165, 1.54) is 12.1 Å². The SMILES string of the molecule is Cc1csc(C2(NCC(=O)Nc3ccc(Cl)c([N+](=O)[O-])c3)CCCC2)n1. The smallest absolute Gasteiger partial charge is 0.289 e. The number of hydrogen-bond donors (Lipinski definition) is 2. The van der Waals surface area contributed by atoms with Crippen LogP contribution < -0.4 is 10.6 Å². The maximum Gasteiger partial charge on any atom is 0.289 e. The second-order valence-corrected chi connectivity index (χ2v) is 7.67. The van der Waals surface area contributed by atoms with Crippen molar-refractivity contribution in [2.24, 2.45) is 0 Å². The number of thiazole rings is 1. The molecule has 1 heterocycles. The van der Waals surface area contributed by atoms with E-state index in [0.29, 0.717) is 5.69 Å². The predicted molar refractivity (Wildman–Crippen MR) is 102 cm³/mol. The van der Waals surface area contributed by atoms with Crippen molar-refractivity contribution in [3.8, 4) is 0 Å². The van der Waals surface area contributed by atoms with Crippen molar-refractivity contribution in [1.82, 2.24) is 10.3 Å². The standard InChI is InChI=1S/C17H19ClN4O3S/c1-11-10-26-16(20-11)17(6-2-3-7-17)19-9-15(23)21-12-4-5-13(18)14(8-12)22(24)25/h4-5,8,10,19H,2-3,6-7,9H2,1H3,(H,21,23). The molecule has 1 saturated carbocycles. The molecule has 0 radical (unpaired) electrons. The second kappa shape index (κ2) is 7.69. The van der Waals surface area contributed by atoms with Crippen LogP contribution in [0.4, 0.5) is 11.4 Å². The summed E-state index contributed by atoms with van der Waals surface area (Å²) in [6.07, 6.45) is 4.08. The van der Waals surface area contributed by atoms with Gasteiger partial charge in [0.25, 0.3) is 5.69 Å². The summed E-state index contributed by atoms with van der Waals surface area (Å²) in [5, 5.41) is 20.1. The lowest BCUT2D eigenvalue weighted by Crippen LogP contribution is -2.44. The van der Waals surface area contributed by atoms with Gasteiger partial charge >= 0.3 is 0 Å². The largest absolute Gasteiger partial charge is 0.325 e. The molecule has 0 aliphatic heterocycles. The normalized spacial score (nSPS) is 15.8. The van der Waals surface area contributed by atoms with Gasteiger partial charge in [0.2, 0.25) is 5.91 Å². The van der Waals surface area contributed by atoms with Crippen LogP contribution in [0.3, 0.4) is 0 Å². The Balaban J connectivity index is 1.66. The molecule has 1 aliphatic rings. The molecule has 2 aromatic rings. The fourth-order valence-electron chi connectivity index (χ4n) is 3.20. The van der Waals surface area contributed by atoms with Gasteiger partial charge in [-0.1, -0.05) is 24.4 Å². The molecule has 0 bridgehead atoms. The lowest BCUT2D eigenvalue weighted by Gasteiger charge is -2.28. The number of amides is 1. The van der Waals surface area contributed by atoms with Crippen molar-refractivity contribution in [1.29, 1.82) is 0 Å². The number of aryl methyl sites for hydroxylation is 1. The zero-order valence-corrected chi connectivity index (χ0v) is 15.8. The first-order chi connectivity index (χ1) is 12.4. The van der Waals surface area contributed by atoms with E-state index >= 15 is 0 Å². The molecule has 2 N–H and O–H groups in total. The highest BCUT2D eigenvalue weighted by atomic mass is 35.5. The van der Waals surface area contributed by atoms with E-state index < -0.39 is 4.92 Å². The van der Waals surface area contributed by atoms with Gasteiger partial charge in [-0.3, -0.25) is 20.2 Å². The molecule has 3 rings (SSSR count). The number of nitro groups is 1. The lowest BCUT2D eigenvalue weighted by molar-refractivity contribution is -0.384. The number of anilines is 1. The molecule has 1 aromatic heterocycles. The fourth-order valence-corrected chi connectivity index (χ4v) is 4.42. The van der Waals surface area contributed by atoms with Crippen LogP contribution in [0, 0.1) is 17.0 Å². The van der Waals surface area contributed by atoms with Crippen molar-refractivity contribution < 1.29 is 9.72 Å². The zero-order chi connectivity index (χ0) is 18.7. The predicted octanol–water partition coefficient (Wildman–Crippen LogP) is 4.01. The zero-order valence-electron chi connectivity index (χ0n) is 14.3. The van der Waals surface area contributed by atoms with E-state index in [1.807, 2.05) is 12.3 Å². The molecule has 138 valence electrons. The monoisotopic (exact) mass is 394 g/mol. The summed E-state index contributed by atoms with van der Waals surface area (Å²) in [6, 6.07) is 4.21. The number of nitro benzene ring substituents is 1. The minimum Gasteiger partial charge on any atom is -0.325 e. The van der Waals surface area contributed by atoms with Crippen molar-refractivity contribution in [2.45, 2.75) is 38.1 Å². The average Bonchev–Trinajstić information content (AvgIpc) is 3.24. The van der Waals surface area contributed by atoms with E-state index in [9.17, 15) is 14.9 Å². The molecule has 26 heavy (non-hydrogen) atoms. The van der Waals surface area contributed by atoms with E-state index in [4.69, 9.17) is 11.6 Å². The van der Waals surface area contributed by atoms with Gasteiger partial charge in [-0.2, -0.15) is 0 Å². The average molecular weight is 395 g/mol. The summed E-state index contributed by atoms with van der Waals surface area (Å²) >= 11 is 7.40. The van der Waals surface area contributed by atoms with Crippen LogP contribution >= 0.6 is 22.9 Å². The molecular formula is C17H19ClN4O3S. The Morgan fingerprint density at radius 3 is 2.77 bits per heavy atom. The molecule has 7 nitrogen and oxygen atoms in total. The van der Waals surface area contributed by atoms with Crippen LogP contribution in [0.15, 0.2) is 23.6 Å². The van der Waals surface area contributed by atoms with Gasteiger partial charge in [-0.05, 0) is 31.9 Å². The topological polar surface area (TPSA) is 97.2 Å². The number of benzene rings is 1. The van der Waals surface area contributed by atoms with Crippen molar-refractivity contribution in [2.75, 3.05) is 11.9 Å². The number of carbonyl (C=O) groups is 1. The molecule has 1 amide bonds. The van der Waals surface area contributed by atoms with Crippen molar-refractivity contribution >= 4 is 40.2 Å². The number of rotatable bonds is 6. The highest BCUT2D eigenvalue weighted by Crippen LogP contribution is 2.40. The van der Waals surface area contributed by atoms with E-state index in [0.717, 1.165) is 36.4 Å². The number of hydrogen-bond acceptors (Lipinski definition) is 6. The minimum atomic E-state index is -0.575. The van der Waals surface area contributed by atoms with Crippen LogP contribution in [0.5, 0.6) is 0 Å². The van der Waals surface area contributed by atoms with Crippen LogP contribution in [0.25, 0.3) is 0 Å². The first-order valence-corrected chi connectivity index (χ1v) is 9.57. The Kier molecular flexibility index (Phi) is 5.55. The first kappa shape index (κ1) is 18.8. The highest BCUT2D eigenvalue weighted by Gasteiger charge is 2.38. The Morgan fingerprint density at radius 1 is 1.42 bits per heavy atom. The third-order valence-electron chi connectivity index (χ3n) is 4.50. The van der Waals surface area contributed by atoms with Crippen molar-refractivity contribution in [3.63, 3.8) is 0 Å². The minimum absolute atomic E-state index is 0.0372. The lowest BCUT2D eigenvalue weighted by atomic mass is 9.98. The Labute approximate surface area is 159 Å². The molecule has 0 spiro atoms. The first-order valence-electron chi connectivity index (χ1n) is 8.31. The van der Waals surface area contributed by atoms with Gasteiger partial charge in [0.05, 0.1) is 17.0 Å². The number of carbonyl (C=O) groups excluding carboxylic acids is 1. The fraction of sp³-hybridized carbons (Fsp3) is 0.412. The summed E-state index contributed by atoms with van der Waals surface area (Å²) < 4.78 is 0. The highest BCUT2D eigenvalue weighted by molar-refractivity contribution is 7.09. The number of nitrogens with zero attached hydrogens (tertiary/aromatic N) is 2. The summed E-state index contributed by atoms with van der Waals surface area (Å²) in [5.41, 5.74) is 0.833. The van der Waals surface area contributed by atoms with Crippen molar-refractivity contribution in [3.05, 3.63) is 49.4 Å². The molecule has 0 saturated heterocycles. The third kappa shape index (κ3) is 4.03. The van der Waals surface area contributed by atoms with Crippen LogP contribution in [0.2, 0.25) is 5.02 Å². The van der Waals surface area contributed by atoms with Gasteiger partial charge in [-0.15, -0.1) is 11.3 Å². The Bertz CT molecular complexity index is 833. The summed E-state index contributed by atoms with van der Waals surface area (Å²) in [5.74, 6) is -0.263. The maximum absolute atomic E-state index is 12.3. The van der Waals surface area contributed by atoms with Gasteiger partial charge < -0.3 is 5.32 Å². The van der Waals surface area contributed by atoms with Gasteiger partial charge in [0.15, 0.2) is 0 Å². The van der Waals surface area contributed by atoms with E-state index in [2.05, 4.69) is 15.6 Å². The maximum atomic E-state index is 12.3. The summed E-state index contributed by atoms with van der Waals surface area (Å²) in [6.45, 7) is 2.07. The van der Waals surface area contributed by atoms with E-state index in [-0.39, 0.29) is 28.7 Å². The molecular weight excluding hydrogens is 376 g/mol. The van der Waals surface area contributed by atoms with Gasteiger partial charge in [-0.25, -0.2) is 4.98 Å². The number of halogens is 1. The second-order valence-electron chi connectivity index (χ2n) is 6.41. The molecule has 9 heteroatoms. The molecule has 1 fully saturated rings. The summed E-state index contributed by atoms with van der Waals surface area (Å²) in [7, 11) is 0. The molecule has 1 aliphatic carbocycles. The number of nitrogens with one attached hydrogen (secondary N) is 2. The third-order valence-corrected chi connectivity index (χ3v) is 5.98. The Hall–Kier alpha value is -2.03. The van der Waals surface area contributed by atoms with Gasteiger partial charge in [0, 0.05) is 22.8 Å². The molecule has 1 aromatic carbocycles. The molecule has 0 atom stereocenters. The van der Waals surface area contributed by atoms with Crippen LogP contribution in [-0.2, 0) is 10.3 Å². The van der Waals surface area contributed by atoms with Crippen LogP contribution in [-0.4, -0.2) is 22.4 Å². The number of aromatic nitrogens is 1. The molecule has 0 unspecified atom stereocenters. The Morgan fingerprint density at radius 2 is 2.15 bits per heavy atom. The van der Waals surface area contributed by atoms with E-state index in [1.54, 1.807) is 17.4 Å². The quantitative estimate of drug-likeness (QED) is 0.569. The van der Waals surface area contributed by atoms with Crippen LogP contribution in [0.1, 0.15) is 36.4 Å². The summed E-state index contributed by atoms with van der Waals surface area (Å²) in [4.78, 5) is 27.3. The van der Waals surface area contributed by atoms with Gasteiger partial charge in [0.1, 0.15) is 10.0 Å².